The summed E-state index contributed by atoms with van der Waals surface area (Å²) in [6.45, 7) is 0.778. The van der Waals surface area contributed by atoms with Crippen LogP contribution in [-0.4, -0.2) is 22.9 Å². The monoisotopic (exact) mass is 239 g/mol. The molecule has 17 heavy (non-hydrogen) atoms. The summed E-state index contributed by atoms with van der Waals surface area (Å²) in [7, 11) is 0. The molecule has 1 fully saturated rings. The maximum absolute atomic E-state index is 13.1. The van der Waals surface area contributed by atoms with Crippen LogP contribution in [0.1, 0.15) is 24.8 Å². The molecule has 0 amide bonds. The van der Waals surface area contributed by atoms with Gasteiger partial charge in [-0.25, -0.2) is 4.39 Å². The number of hydrogen-bond acceptors (Lipinski definition) is 3. The lowest BCUT2D eigenvalue weighted by Crippen LogP contribution is -2.33. The second-order valence-corrected chi connectivity index (χ2v) is 4.65. The van der Waals surface area contributed by atoms with Crippen molar-refractivity contribution >= 4 is 0 Å². The van der Waals surface area contributed by atoms with E-state index in [1.807, 2.05) is 0 Å². The van der Waals surface area contributed by atoms with E-state index in [0.29, 0.717) is 18.5 Å². The van der Waals surface area contributed by atoms with Crippen molar-refractivity contribution in [1.82, 2.24) is 5.32 Å². The van der Waals surface area contributed by atoms with Crippen LogP contribution < -0.4 is 5.32 Å². The summed E-state index contributed by atoms with van der Waals surface area (Å²) in [4.78, 5) is 0. The summed E-state index contributed by atoms with van der Waals surface area (Å²) in [5, 5.41) is 21.6. The lowest BCUT2D eigenvalue weighted by molar-refractivity contribution is 0.205. The first-order valence-corrected chi connectivity index (χ1v) is 6.02. The fourth-order valence-corrected chi connectivity index (χ4v) is 2.43. The Bertz CT molecular complexity index is 384. The van der Waals surface area contributed by atoms with Crippen LogP contribution in [0.5, 0.6) is 5.75 Å². The van der Waals surface area contributed by atoms with Gasteiger partial charge in [0.25, 0.3) is 0 Å². The lowest BCUT2D eigenvalue weighted by atomic mass is 10.0. The molecule has 0 radical (unpaired) electrons. The molecule has 0 aromatic heterocycles. The molecule has 1 saturated carbocycles. The third-order valence-electron chi connectivity index (χ3n) is 3.47. The highest BCUT2D eigenvalue weighted by Gasteiger charge is 2.25. The number of nitrogens with one attached hydrogen (secondary N) is 1. The van der Waals surface area contributed by atoms with E-state index in [0.717, 1.165) is 24.8 Å². The maximum atomic E-state index is 13.1. The molecule has 2 rings (SSSR count). The second kappa shape index (κ2) is 5.47. The van der Waals surface area contributed by atoms with Crippen molar-refractivity contribution in [3.8, 4) is 5.75 Å². The minimum atomic E-state index is -0.588. The molecule has 0 aliphatic heterocycles. The third-order valence-corrected chi connectivity index (χ3v) is 3.47. The van der Waals surface area contributed by atoms with E-state index < -0.39 is 5.82 Å². The van der Waals surface area contributed by atoms with Crippen LogP contribution in [0.15, 0.2) is 18.2 Å². The van der Waals surface area contributed by atoms with Crippen molar-refractivity contribution in [3.63, 3.8) is 0 Å². The van der Waals surface area contributed by atoms with Gasteiger partial charge >= 0.3 is 0 Å². The molecule has 4 heteroatoms. The highest BCUT2D eigenvalue weighted by Crippen LogP contribution is 2.25. The third kappa shape index (κ3) is 2.96. The van der Waals surface area contributed by atoms with Crippen LogP contribution in [0.2, 0.25) is 0 Å². The molecule has 1 aliphatic carbocycles. The Morgan fingerprint density at radius 1 is 1.35 bits per heavy atom. The number of halogens is 1. The zero-order valence-corrected chi connectivity index (χ0v) is 9.69. The van der Waals surface area contributed by atoms with Gasteiger partial charge in [0.1, 0.15) is 0 Å². The average molecular weight is 239 g/mol. The first kappa shape index (κ1) is 12.3. The van der Waals surface area contributed by atoms with Gasteiger partial charge in [-0.2, -0.15) is 0 Å². The van der Waals surface area contributed by atoms with E-state index in [1.54, 1.807) is 6.07 Å². The number of rotatable bonds is 4. The molecular formula is C13H18FNO2. The maximum Gasteiger partial charge on any atom is 0.165 e. The van der Waals surface area contributed by atoms with Crippen LogP contribution in [0.3, 0.4) is 0 Å². The summed E-state index contributed by atoms with van der Waals surface area (Å²) in [6, 6.07) is 4.72. The van der Waals surface area contributed by atoms with Crippen molar-refractivity contribution in [1.29, 1.82) is 0 Å². The molecule has 1 aromatic rings. The van der Waals surface area contributed by atoms with Crippen molar-refractivity contribution in [2.75, 3.05) is 6.61 Å². The van der Waals surface area contributed by atoms with Gasteiger partial charge in [-0.1, -0.05) is 12.5 Å². The molecule has 94 valence electrons. The van der Waals surface area contributed by atoms with E-state index in [2.05, 4.69) is 5.32 Å². The molecule has 0 heterocycles. The lowest BCUT2D eigenvalue weighted by Gasteiger charge is -2.19. The molecule has 3 N–H and O–H groups in total. The van der Waals surface area contributed by atoms with Crippen LogP contribution in [-0.2, 0) is 6.54 Å². The van der Waals surface area contributed by atoms with Gasteiger partial charge in [-0.05, 0) is 36.5 Å². The van der Waals surface area contributed by atoms with E-state index in [1.165, 1.54) is 12.1 Å². The fraction of sp³-hybridized carbons (Fsp3) is 0.538. The van der Waals surface area contributed by atoms with Gasteiger partial charge in [-0.15, -0.1) is 0 Å². The molecule has 2 unspecified atom stereocenters. The number of aromatic hydroxyl groups is 1. The molecule has 2 atom stereocenters. The molecule has 0 spiro atoms. The largest absolute Gasteiger partial charge is 0.505 e. The van der Waals surface area contributed by atoms with Gasteiger partial charge in [0.15, 0.2) is 11.6 Å². The molecule has 3 nitrogen and oxygen atoms in total. The Morgan fingerprint density at radius 2 is 2.18 bits per heavy atom. The van der Waals surface area contributed by atoms with Crippen LogP contribution in [0.25, 0.3) is 0 Å². The second-order valence-electron chi connectivity index (χ2n) is 4.65. The summed E-state index contributed by atoms with van der Waals surface area (Å²) in [6.07, 6.45) is 3.25. The first-order valence-electron chi connectivity index (χ1n) is 6.02. The Labute approximate surface area is 100 Å². The van der Waals surface area contributed by atoms with Crippen LogP contribution in [0, 0.1) is 11.7 Å². The minimum Gasteiger partial charge on any atom is -0.505 e. The van der Waals surface area contributed by atoms with Crippen LogP contribution in [0.4, 0.5) is 4.39 Å². The van der Waals surface area contributed by atoms with Crippen molar-refractivity contribution in [2.24, 2.45) is 5.92 Å². The minimum absolute atomic E-state index is 0.210. The normalized spacial score (nSPS) is 24.1. The highest BCUT2D eigenvalue weighted by molar-refractivity contribution is 5.27. The topological polar surface area (TPSA) is 52.5 Å². The standard InChI is InChI=1S/C13H18FNO2/c14-11-6-9(4-5-13(11)17)7-15-12-3-1-2-10(12)8-16/h4-6,10,12,15-17H,1-3,7-8H2. The zero-order valence-electron chi connectivity index (χ0n) is 9.69. The van der Waals surface area contributed by atoms with Crippen molar-refractivity contribution < 1.29 is 14.6 Å². The molecule has 0 bridgehead atoms. The van der Waals surface area contributed by atoms with E-state index >= 15 is 0 Å². The van der Waals surface area contributed by atoms with Gasteiger partial charge in [0.2, 0.25) is 0 Å². The predicted molar refractivity (Wildman–Crippen MR) is 63.1 cm³/mol. The number of aliphatic hydroxyl groups excluding tert-OH is 1. The zero-order chi connectivity index (χ0) is 12.3. The summed E-state index contributed by atoms with van der Waals surface area (Å²) < 4.78 is 13.1. The highest BCUT2D eigenvalue weighted by atomic mass is 19.1. The number of phenolic OH excluding ortho intramolecular Hbond substituents is 1. The molecule has 0 saturated heterocycles. The van der Waals surface area contributed by atoms with Gasteiger partial charge in [0, 0.05) is 19.2 Å². The number of phenols is 1. The van der Waals surface area contributed by atoms with Crippen LogP contribution >= 0.6 is 0 Å². The quantitative estimate of drug-likeness (QED) is 0.750. The fourth-order valence-electron chi connectivity index (χ4n) is 2.43. The predicted octanol–water partition coefficient (Wildman–Crippen LogP) is 1.78. The Kier molecular flexibility index (Phi) is 3.97. The molecule has 1 aliphatic rings. The molecule has 1 aromatic carbocycles. The molecular weight excluding hydrogens is 221 g/mol. The average Bonchev–Trinajstić information content (AvgIpc) is 2.78. The van der Waals surface area contributed by atoms with E-state index in [9.17, 15) is 9.50 Å². The SMILES string of the molecule is OCC1CCCC1NCc1ccc(O)c(F)c1. The van der Waals surface area contributed by atoms with Gasteiger partial charge in [0.05, 0.1) is 0 Å². The van der Waals surface area contributed by atoms with Gasteiger partial charge < -0.3 is 15.5 Å². The van der Waals surface area contributed by atoms with Crippen molar-refractivity contribution in [3.05, 3.63) is 29.6 Å². The summed E-state index contributed by atoms with van der Waals surface area (Å²) in [5.41, 5.74) is 0.809. The Hall–Kier alpha value is -1.13. The van der Waals surface area contributed by atoms with E-state index in [-0.39, 0.29) is 12.4 Å². The summed E-state index contributed by atoms with van der Waals surface area (Å²) in [5.74, 6) is -0.589. The first-order chi connectivity index (χ1) is 8.20. The number of benzene rings is 1. The smallest absolute Gasteiger partial charge is 0.165 e. The summed E-state index contributed by atoms with van der Waals surface area (Å²) >= 11 is 0. The number of aliphatic hydroxyl groups is 1. The van der Waals surface area contributed by atoms with Crippen molar-refractivity contribution in [2.45, 2.75) is 31.8 Å². The van der Waals surface area contributed by atoms with E-state index in [4.69, 9.17) is 5.11 Å². The Balaban J connectivity index is 1.91. The van der Waals surface area contributed by atoms with Gasteiger partial charge in [-0.3, -0.25) is 0 Å². The number of hydrogen-bond donors (Lipinski definition) is 3. The Morgan fingerprint density at radius 3 is 2.88 bits per heavy atom.